The first-order chi connectivity index (χ1) is 19.8. The van der Waals surface area contributed by atoms with Gasteiger partial charge in [-0.05, 0) is 75.8 Å². The van der Waals surface area contributed by atoms with Crippen molar-refractivity contribution in [3.05, 3.63) is 59.2 Å². The maximum absolute atomic E-state index is 14.5. The number of rotatable bonds is 14. The van der Waals surface area contributed by atoms with Crippen LogP contribution in [0.3, 0.4) is 0 Å². The van der Waals surface area contributed by atoms with Crippen molar-refractivity contribution in [2.24, 2.45) is 5.92 Å². The van der Waals surface area contributed by atoms with E-state index in [1.165, 1.54) is 12.1 Å². The molecule has 42 heavy (non-hydrogen) atoms. The third-order valence-corrected chi connectivity index (χ3v) is 7.44. The molecule has 8 heteroatoms. The summed E-state index contributed by atoms with van der Waals surface area (Å²) in [5.74, 6) is -0.857. The number of benzene rings is 2. The van der Waals surface area contributed by atoms with Crippen LogP contribution < -0.4 is 10.6 Å². The number of hydrogen-bond acceptors (Lipinski definition) is 5. The predicted molar refractivity (Wildman–Crippen MR) is 168 cm³/mol. The van der Waals surface area contributed by atoms with Gasteiger partial charge < -0.3 is 25.4 Å². The fourth-order valence-corrected chi connectivity index (χ4v) is 4.88. The third kappa shape index (κ3) is 10.4. The van der Waals surface area contributed by atoms with E-state index in [0.717, 1.165) is 36.8 Å². The first kappa shape index (κ1) is 34.7. The van der Waals surface area contributed by atoms with Gasteiger partial charge in [0.15, 0.2) is 0 Å². The minimum atomic E-state index is -0.990. The SMILES string of the molecule is CCCCCCCN(C(=O)C(NC(=O)OC(C)(C)C)C(C)CC)C(C(=O)Nc1c(C)cccc1C)c1ccc(O)cc1. The first-order valence-electron chi connectivity index (χ1n) is 15.2. The van der Waals surface area contributed by atoms with Crippen LogP contribution in [0, 0.1) is 19.8 Å². The summed E-state index contributed by atoms with van der Waals surface area (Å²) < 4.78 is 5.50. The lowest BCUT2D eigenvalue weighted by Gasteiger charge is -2.36. The second kappa shape index (κ2) is 16.2. The van der Waals surface area contributed by atoms with E-state index in [0.29, 0.717) is 30.6 Å². The van der Waals surface area contributed by atoms with Crippen molar-refractivity contribution in [2.75, 3.05) is 11.9 Å². The van der Waals surface area contributed by atoms with Crippen LogP contribution in [0.5, 0.6) is 5.75 Å². The number of alkyl carbamates (subject to hydrolysis) is 1. The van der Waals surface area contributed by atoms with E-state index in [9.17, 15) is 19.5 Å². The standard InChI is InChI=1S/C34H51N3O5/c1-9-11-12-13-14-22-37(32(40)29(23(3)10-2)36-33(41)42-34(6,7)8)30(26-18-20-27(38)21-19-26)31(39)35-28-24(4)16-15-17-25(28)5/h15-21,23,29-30,38H,9-14,22H2,1-8H3,(H,35,39)(H,36,41). The van der Waals surface area contributed by atoms with Crippen molar-refractivity contribution >= 4 is 23.6 Å². The lowest BCUT2D eigenvalue weighted by molar-refractivity contribution is -0.142. The molecule has 2 aromatic carbocycles. The van der Waals surface area contributed by atoms with E-state index >= 15 is 0 Å². The summed E-state index contributed by atoms with van der Waals surface area (Å²) in [7, 11) is 0. The highest BCUT2D eigenvalue weighted by Crippen LogP contribution is 2.29. The Kier molecular flexibility index (Phi) is 13.4. The monoisotopic (exact) mass is 581 g/mol. The van der Waals surface area contributed by atoms with Gasteiger partial charge in [-0.25, -0.2) is 4.79 Å². The summed E-state index contributed by atoms with van der Waals surface area (Å²) in [5, 5.41) is 15.9. The number of carbonyl (C=O) groups is 3. The van der Waals surface area contributed by atoms with Gasteiger partial charge in [-0.2, -0.15) is 0 Å². The number of anilines is 1. The number of para-hydroxylation sites is 1. The molecule has 0 bridgehead atoms. The highest BCUT2D eigenvalue weighted by atomic mass is 16.6. The van der Waals surface area contributed by atoms with Crippen molar-refractivity contribution in [1.29, 1.82) is 0 Å². The summed E-state index contributed by atoms with van der Waals surface area (Å²) in [5.41, 5.74) is 2.36. The number of aromatic hydroxyl groups is 1. The molecule has 8 nitrogen and oxygen atoms in total. The van der Waals surface area contributed by atoms with Gasteiger partial charge in [0.1, 0.15) is 23.4 Å². The van der Waals surface area contributed by atoms with Gasteiger partial charge in [-0.3, -0.25) is 9.59 Å². The predicted octanol–water partition coefficient (Wildman–Crippen LogP) is 7.43. The van der Waals surface area contributed by atoms with Crippen LogP contribution in [0.2, 0.25) is 0 Å². The number of unbranched alkanes of at least 4 members (excludes halogenated alkanes) is 4. The molecule has 0 fully saturated rings. The average molecular weight is 582 g/mol. The average Bonchev–Trinajstić information content (AvgIpc) is 2.92. The molecule has 0 spiro atoms. The van der Waals surface area contributed by atoms with E-state index < -0.39 is 23.8 Å². The number of amides is 3. The van der Waals surface area contributed by atoms with Crippen LogP contribution in [0.15, 0.2) is 42.5 Å². The molecule has 3 amide bonds. The zero-order chi connectivity index (χ0) is 31.4. The van der Waals surface area contributed by atoms with Crippen molar-refractivity contribution < 1.29 is 24.2 Å². The Morgan fingerprint density at radius 1 is 0.929 bits per heavy atom. The number of aryl methyl sites for hydroxylation is 2. The van der Waals surface area contributed by atoms with Gasteiger partial charge in [0.05, 0.1) is 0 Å². The van der Waals surface area contributed by atoms with Crippen molar-refractivity contribution in [3.63, 3.8) is 0 Å². The molecule has 3 atom stereocenters. The van der Waals surface area contributed by atoms with E-state index in [1.807, 2.05) is 45.9 Å². The largest absolute Gasteiger partial charge is 0.508 e. The molecule has 2 aromatic rings. The molecule has 3 unspecified atom stereocenters. The van der Waals surface area contributed by atoms with Gasteiger partial charge in [0.25, 0.3) is 5.91 Å². The van der Waals surface area contributed by atoms with Crippen molar-refractivity contribution in [1.82, 2.24) is 10.2 Å². The summed E-state index contributed by atoms with van der Waals surface area (Å²) in [6, 6.07) is 10.3. The molecule has 232 valence electrons. The van der Waals surface area contributed by atoms with E-state index in [4.69, 9.17) is 4.74 Å². The van der Waals surface area contributed by atoms with E-state index in [-0.39, 0.29) is 23.5 Å². The normalized spacial score (nSPS) is 13.5. The van der Waals surface area contributed by atoms with Gasteiger partial charge in [0.2, 0.25) is 5.91 Å². The van der Waals surface area contributed by atoms with Gasteiger partial charge >= 0.3 is 6.09 Å². The van der Waals surface area contributed by atoms with Crippen LogP contribution >= 0.6 is 0 Å². The van der Waals surface area contributed by atoms with Gasteiger partial charge in [0, 0.05) is 12.2 Å². The topological polar surface area (TPSA) is 108 Å². The Hall–Kier alpha value is -3.55. The molecule has 0 saturated carbocycles. The lowest BCUT2D eigenvalue weighted by Crippen LogP contribution is -2.55. The number of carbonyl (C=O) groups excluding carboxylic acids is 3. The molecule has 3 N–H and O–H groups in total. The number of hydrogen-bond donors (Lipinski definition) is 3. The maximum atomic E-state index is 14.5. The minimum absolute atomic E-state index is 0.0640. The quantitative estimate of drug-likeness (QED) is 0.201. The van der Waals surface area contributed by atoms with E-state index in [1.54, 1.807) is 37.8 Å². The first-order valence-corrected chi connectivity index (χ1v) is 15.2. The fourth-order valence-electron chi connectivity index (χ4n) is 4.88. The van der Waals surface area contributed by atoms with E-state index in [2.05, 4.69) is 17.6 Å². The Balaban J connectivity index is 2.58. The molecule has 0 heterocycles. The highest BCUT2D eigenvalue weighted by Gasteiger charge is 2.38. The summed E-state index contributed by atoms with van der Waals surface area (Å²) in [4.78, 5) is 43.1. The smallest absolute Gasteiger partial charge is 0.408 e. The Bertz CT molecular complexity index is 1150. The summed E-state index contributed by atoms with van der Waals surface area (Å²) in [6.07, 6.45) is 4.79. The molecule has 2 rings (SSSR count). The molecule has 0 saturated heterocycles. The van der Waals surface area contributed by atoms with Crippen LogP contribution in [-0.2, 0) is 14.3 Å². The Morgan fingerprint density at radius 3 is 2.07 bits per heavy atom. The Morgan fingerprint density at radius 2 is 1.52 bits per heavy atom. The number of nitrogens with zero attached hydrogens (tertiary/aromatic N) is 1. The summed E-state index contributed by atoms with van der Waals surface area (Å²) >= 11 is 0. The van der Waals surface area contributed by atoms with Crippen molar-refractivity contribution in [2.45, 2.75) is 112 Å². The Labute approximate surface area is 252 Å². The number of phenols is 1. The molecular weight excluding hydrogens is 530 g/mol. The molecule has 0 aliphatic carbocycles. The fraction of sp³-hybridized carbons (Fsp3) is 0.559. The van der Waals surface area contributed by atoms with Crippen LogP contribution in [0.1, 0.15) is 103 Å². The van der Waals surface area contributed by atoms with Crippen LogP contribution in [0.4, 0.5) is 10.5 Å². The minimum Gasteiger partial charge on any atom is -0.508 e. The molecule has 0 aliphatic rings. The molecule has 0 radical (unpaired) electrons. The maximum Gasteiger partial charge on any atom is 0.408 e. The van der Waals surface area contributed by atoms with Gasteiger partial charge in [-0.15, -0.1) is 0 Å². The summed E-state index contributed by atoms with van der Waals surface area (Å²) in [6.45, 7) is 15.5. The highest BCUT2D eigenvalue weighted by molar-refractivity contribution is 6.00. The van der Waals surface area contributed by atoms with Crippen LogP contribution in [0.25, 0.3) is 0 Å². The number of phenolic OH excluding ortho intramolecular Hbond substituents is 1. The van der Waals surface area contributed by atoms with Crippen molar-refractivity contribution in [3.8, 4) is 5.75 Å². The zero-order valence-electron chi connectivity index (χ0n) is 26.8. The molecular formula is C34H51N3O5. The zero-order valence-corrected chi connectivity index (χ0v) is 26.8. The lowest BCUT2D eigenvalue weighted by atomic mass is 9.95. The second-order valence-corrected chi connectivity index (χ2v) is 12.2. The molecule has 0 aliphatic heterocycles. The van der Waals surface area contributed by atoms with Gasteiger partial charge in [-0.1, -0.05) is 83.2 Å². The molecule has 0 aromatic heterocycles. The number of nitrogens with one attached hydrogen (secondary N) is 2. The third-order valence-electron chi connectivity index (χ3n) is 7.44. The second-order valence-electron chi connectivity index (χ2n) is 12.2. The van der Waals surface area contributed by atoms with Crippen LogP contribution in [-0.4, -0.2) is 46.1 Å². The number of ether oxygens (including phenoxy) is 1.